The summed E-state index contributed by atoms with van der Waals surface area (Å²) in [6.07, 6.45) is 3.90. The highest BCUT2D eigenvalue weighted by molar-refractivity contribution is 6.08. The molecule has 1 aliphatic heterocycles. The number of carbonyl (C=O) groups is 2. The maximum absolute atomic E-state index is 11.6. The van der Waals surface area contributed by atoms with Gasteiger partial charge in [0.15, 0.2) is 0 Å². The molecular weight excluding hydrogens is 204 g/mol. The van der Waals surface area contributed by atoms with E-state index in [0.717, 1.165) is 25.7 Å². The number of carbonyl (C=O) groups excluding carboxylic acids is 2. The van der Waals surface area contributed by atoms with Crippen LogP contribution in [0.5, 0.6) is 0 Å². The van der Waals surface area contributed by atoms with E-state index in [1.54, 1.807) is 0 Å². The number of fused-ring (bicyclic) bond motifs is 1. The molecule has 0 spiro atoms. The molecule has 2 amide bonds. The Hall–Kier alpha value is -0.900. The Morgan fingerprint density at radius 2 is 1.94 bits per heavy atom. The predicted octanol–water partition coefficient (Wildman–Crippen LogP) is 0.769. The van der Waals surface area contributed by atoms with Crippen molar-refractivity contribution < 1.29 is 9.59 Å². The summed E-state index contributed by atoms with van der Waals surface area (Å²) in [7, 11) is 1.95. The van der Waals surface area contributed by atoms with Crippen LogP contribution < -0.4 is 5.32 Å². The van der Waals surface area contributed by atoms with Gasteiger partial charge in [-0.25, -0.2) is 0 Å². The fourth-order valence-corrected chi connectivity index (χ4v) is 2.33. The van der Waals surface area contributed by atoms with Gasteiger partial charge in [-0.1, -0.05) is 6.42 Å². The Bertz CT molecular complexity index is 283. The largest absolute Gasteiger partial charge is 0.317 e. The molecule has 0 bridgehead atoms. The summed E-state index contributed by atoms with van der Waals surface area (Å²) in [5.74, 6) is 0.279. The topological polar surface area (TPSA) is 49.4 Å². The Morgan fingerprint density at radius 3 is 2.50 bits per heavy atom. The third kappa shape index (κ3) is 2.12. The van der Waals surface area contributed by atoms with Crippen molar-refractivity contribution in [3.8, 4) is 0 Å². The molecule has 0 radical (unpaired) electrons. The highest BCUT2D eigenvalue weighted by atomic mass is 16.2. The van der Waals surface area contributed by atoms with E-state index in [1.807, 2.05) is 7.05 Å². The fraction of sp³-hybridized carbons (Fsp3) is 0.833. The van der Waals surface area contributed by atoms with Crippen molar-refractivity contribution >= 4 is 11.8 Å². The molecular formula is C12H20N2O2. The van der Waals surface area contributed by atoms with Crippen LogP contribution in [-0.4, -0.2) is 36.3 Å². The molecule has 3 unspecified atom stereocenters. The van der Waals surface area contributed by atoms with Crippen molar-refractivity contribution in [1.29, 1.82) is 0 Å². The highest BCUT2D eigenvalue weighted by Crippen LogP contribution is 2.46. The van der Waals surface area contributed by atoms with E-state index in [1.165, 1.54) is 4.90 Å². The highest BCUT2D eigenvalue weighted by Gasteiger charge is 2.58. The number of hydrogen-bond donors (Lipinski definition) is 1. The molecule has 90 valence electrons. The van der Waals surface area contributed by atoms with Crippen LogP contribution in [0.25, 0.3) is 0 Å². The van der Waals surface area contributed by atoms with Gasteiger partial charge in [0.1, 0.15) is 0 Å². The molecule has 1 heterocycles. The van der Waals surface area contributed by atoms with Crippen LogP contribution in [0.2, 0.25) is 0 Å². The van der Waals surface area contributed by atoms with E-state index < -0.39 is 0 Å². The van der Waals surface area contributed by atoms with Crippen LogP contribution in [0.15, 0.2) is 0 Å². The Kier molecular flexibility index (Phi) is 3.28. The second-order valence-electron chi connectivity index (χ2n) is 4.96. The summed E-state index contributed by atoms with van der Waals surface area (Å²) < 4.78 is 0. The zero-order valence-corrected chi connectivity index (χ0v) is 10.0. The molecule has 2 fully saturated rings. The number of unbranched alkanes of at least 4 members (excludes halogenated alkanes) is 1. The zero-order valence-electron chi connectivity index (χ0n) is 10.0. The van der Waals surface area contributed by atoms with E-state index in [4.69, 9.17) is 0 Å². The molecule has 1 saturated carbocycles. The zero-order chi connectivity index (χ0) is 11.7. The monoisotopic (exact) mass is 224 g/mol. The van der Waals surface area contributed by atoms with E-state index >= 15 is 0 Å². The van der Waals surface area contributed by atoms with Crippen LogP contribution in [0, 0.1) is 11.8 Å². The van der Waals surface area contributed by atoms with Crippen molar-refractivity contribution in [3.63, 3.8) is 0 Å². The van der Waals surface area contributed by atoms with Crippen molar-refractivity contribution in [2.75, 3.05) is 13.6 Å². The molecule has 1 N–H and O–H groups in total. The second-order valence-corrected chi connectivity index (χ2v) is 4.96. The van der Waals surface area contributed by atoms with Crippen LogP contribution >= 0.6 is 0 Å². The normalized spacial score (nSPS) is 29.5. The van der Waals surface area contributed by atoms with Crippen LogP contribution in [0.3, 0.4) is 0 Å². The van der Waals surface area contributed by atoms with Gasteiger partial charge in [-0.15, -0.1) is 0 Å². The lowest BCUT2D eigenvalue weighted by atomic mass is 10.1. The molecule has 0 aromatic rings. The van der Waals surface area contributed by atoms with E-state index in [0.29, 0.717) is 12.6 Å². The molecule has 1 aliphatic carbocycles. The van der Waals surface area contributed by atoms with Crippen molar-refractivity contribution in [1.82, 2.24) is 10.2 Å². The molecule has 1 saturated heterocycles. The Balaban J connectivity index is 1.67. The van der Waals surface area contributed by atoms with Crippen LogP contribution in [0.4, 0.5) is 0 Å². The first kappa shape index (κ1) is 11.6. The van der Waals surface area contributed by atoms with Gasteiger partial charge in [-0.05, 0) is 33.2 Å². The molecule has 0 aromatic heterocycles. The summed E-state index contributed by atoms with van der Waals surface area (Å²) >= 11 is 0. The third-order valence-electron chi connectivity index (χ3n) is 3.72. The van der Waals surface area contributed by atoms with Crippen molar-refractivity contribution in [2.45, 2.75) is 38.6 Å². The van der Waals surface area contributed by atoms with Gasteiger partial charge in [-0.3, -0.25) is 14.5 Å². The summed E-state index contributed by atoms with van der Waals surface area (Å²) in [5.41, 5.74) is 0. The van der Waals surface area contributed by atoms with Gasteiger partial charge in [0.25, 0.3) is 0 Å². The molecule has 16 heavy (non-hydrogen) atoms. The minimum atomic E-state index is 0.0590. The van der Waals surface area contributed by atoms with E-state index in [9.17, 15) is 9.59 Å². The van der Waals surface area contributed by atoms with Crippen LogP contribution in [-0.2, 0) is 9.59 Å². The molecule has 3 atom stereocenters. The minimum Gasteiger partial charge on any atom is -0.317 e. The van der Waals surface area contributed by atoms with Gasteiger partial charge >= 0.3 is 0 Å². The number of rotatable bonds is 6. The average molecular weight is 224 g/mol. The number of nitrogens with zero attached hydrogens (tertiary/aromatic N) is 1. The summed E-state index contributed by atoms with van der Waals surface area (Å²) in [6, 6.07) is 0.512. The number of piperidine rings is 1. The number of imide groups is 1. The van der Waals surface area contributed by atoms with E-state index in [-0.39, 0.29) is 23.7 Å². The minimum absolute atomic E-state index is 0.0590. The Labute approximate surface area is 96.4 Å². The van der Waals surface area contributed by atoms with Gasteiger partial charge in [-0.2, -0.15) is 0 Å². The predicted molar refractivity (Wildman–Crippen MR) is 60.7 cm³/mol. The average Bonchev–Trinajstić information content (AvgIpc) is 3.02. The van der Waals surface area contributed by atoms with Gasteiger partial charge in [0, 0.05) is 12.6 Å². The first-order valence-electron chi connectivity index (χ1n) is 6.17. The van der Waals surface area contributed by atoms with Gasteiger partial charge < -0.3 is 5.32 Å². The second kappa shape index (κ2) is 4.53. The first-order valence-corrected chi connectivity index (χ1v) is 6.17. The van der Waals surface area contributed by atoms with Crippen molar-refractivity contribution in [3.05, 3.63) is 0 Å². The third-order valence-corrected chi connectivity index (χ3v) is 3.72. The molecule has 2 rings (SSSR count). The molecule has 0 aromatic carbocycles. The Morgan fingerprint density at radius 1 is 1.31 bits per heavy atom. The SMILES string of the molecule is CNC(C)CCCCN1C(=O)C2CC2C1=O. The lowest BCUT2D eigenvalue weighted by molar-refractivity contribution is -0.141. The quantitative estimate of drug-likeness (QED) is 0.535. The summed E-state index contributed by atoms with van der Waals surface area (Å²) in [5, 5.41) is 3.18. The lowest BCUT2D eigenvalue weighted by Gasteiger charge is -2.16. The lowest BCUT2D eigenvalue weighted by Crippen LogP contribution is -2.34. The van der Waals surface area contributed by atoms with E-state index in [2.05, 4.69) is 12.2 Å². The standard InChI is InChI=1S/C12H20N2O2/c1-8(13-2)5-3-4-6-14-11(15)9-7-10(9)12(14)16/h8-10,13H,3-7H2,1-2H3. The number of likely N-dealkylation sites (tertiary alicyclic amines) is 1. The summed E-state index contributed by atoms with van der Waals surface area (Å²) in [6.45, 7) is 2.77. The number of hydrogen-bond acceptors (Lipinski definition) is 3. The van der Waals surface area contributed by atoms with Crippen molar-refractivity contribution in [2.24, 2.45) is 11.8 Å². The van der Waals surface area contributed by atoms with Crippen LogP contribution in [0.1, 0.15) is 32.6 Å². The summed E-state index contributed by atoms with van der Waals surface area (Å²) in [4.78, 5) is 24.7. The first-order chi connectivity index (χ1) is 7.65. The molecule has 4 heteroatoms. The fourth-order valence-electron chi connectivity index (χ4n) is 2.33. The molecule has 2 aliphatic rings. The maximum Gasteiger partial charge on any atom is 0.233 e. The number of nitrogens with one attached hydrogen (secondary N) is 1. The smallest absolute Gasteiger partial charge is 0.233 e. The van der Waals surface area contributed by atoms with Gasteiger partial charge in [0.05, 0.1) is 11.8 Å². The van der Waals surface area contributed by atoms with Gasteiger partial charge in [0.2, 0.25) is 11.8 Å². The maximum atomic E-state index is 11.6. The number of amides is 2. The molecule has 4 nitrogen and oxygen atoms in total.